The molecule has 8 heteroatoms. The second-order valence-corrected chi connectivity index (χ2v) is 7.34. The van der Waals surface area contributed by atoms with Gasteiger partial charge >= 0.3 is 5.97 Å². The number of rotatable bonds is 6. The fourth-order valence-corrected chi connectivity index (χ4v) is 3.74. The molecule has 0 atom stereocenters. The average molecular weight is 400 g/mol. The minimum absolute atomic E-state index is 0.0143. The van der Waals surface area contributed by atoms with Crippen molar-refractivity contribution in [2.45, 2.75) is 4.90 Å². The van der Waals surface area contributed by atoms with Crippen LogP contribution in [0.4, 0.5) is 5.69 Å². The largest absolute Gasteiger partial charge is 0.497 e. The predicted molar refractivity (Wildman–Crippen MR) is 89.3 cm³/mol. The SMILES string of the molecule is COc1ccc(S(=O)(=O)N(CC(=O)O)c2cccc(Br)c2)cc1. The number of methoxy groups -OCH3 is 1. The molecule has 0 aliphatic carbocycles. The zero-order chi connectivity index (χ0) is 17.0. The molecule has 0 saturated carbocycles. The molecule has 0 heterocycles. The van der Waals surface area contributed by atoms with Crippen LogP contribution in [0.15, 0.2) is 57.9 Å². The van der Waals surface area contributed by atoms with Crippen molar-refractivity contribution >= 4 is 37.6 Å². The van der Waals surface area contributed by atoms with Gasteiger partial charge in [-0.3, -0.25) is 9.10 Å². The first kappa shape index (κ1) is 17.3. The molecule has 0 spiro atoms. The Morgan fingerprint density at radius 3 is 2.39 bits per heavy atom. The van der Waals surface area contributed by atoms with Crippen molar-refractivity contribution in [1.82, 2.24) is 0 Å². The first-order valence-electron chi connectivity index (χ1n) is 6.49. The minimum atomic E-state index is -4.01. The van der Waals surface area contributed by atoms with E-state index in [-0.39, 0.29) is 10.6 Å². The van der Waals surface area contributed by atoms with Gasteiger partial charge in [0.2, 0.25) is 0 Å². The summed E-state index contributed by atoms with van der Waals surface area (Å²) in [6.45, 7) is -0.676. The molecule has 1 N–H and O–H groups in total. The summed E-state index contributed by atoms with van der Waals surface area (Å²) < 4.78 is 32.1. The molecular formula is C15H14BrNO5S. The number of ether oxygens (including phenoxy) is 1. The van der Waals surface area contributed by atoms with Gasteiger partial charge in [0.15, 0.2) is 0 Å². The van der Waals surface area contributed by atoms with Crippen LogP contribution < -0.4 is 9.04 Å². The Bertz CT molecular complexity index is 805. The highest BCUT2D eigenvalue weighted by atomic mass is 79.9. The summed E-state index contributed by atoms with van der Waals surface area (Å²) in [4.78, 5) is 11.1. The first-order chi connectivity index (χ1) is 10.8. The lowest BCUT2D eigenvalue weighted by Gasteiger charge is -2.23. The normalized spacial score (nSPS) is 11.0. The zero-order valence-corrected chi connectivity index (χ0v) is 14.5. The van der Waals surface area contributed by atoms with Crippen LogP contribution in [0.5, 0.6) is 5.75 Å². The van der Waals surface area contributed by atoms with Crippen LogP contribution in [0, 0.1) is 0 Å². The highest BCUT2D eigenvalue weighted by molar-refractivity contribution is 9.10. The number of nitrogens with zero attached hydrogens (tertiary/aromatic N) is 1. The number of carbonyl (C=O) groups is 1. The third kappa shape index (κ3) is 4.02. The van der Waals surface area contributed by atoms with E-state index in [0.29, 0.717) is 10.2 Å². The van der Waals surface area contributed by atoms with E-state index in [4.69, 9.17) is 9.84 Å². The summed E-state index contributed by atoms with van der Waals surface area (Å²) in [6, 6.07) is 12.2. The summed E-state index contributed by atoms with van der Waals surface area (Å²) in [5.41, 5.74) is 0.262. The molecule has 0 aromatic heterocycles. The topological polar surface area (TPSA) is 83.9 Å². The summed E-state index contributed by atoms with van der Waals surface area (Å²) in [6.07, 6.45) is 0. The second-order valence-electron chi connectivity index (χ2n) is 4.56. The molecule has 0 aliphatic rings. The van der Waals surface area contributed by atoms with E-state index in [9.17, 15) is 13.2 Å². The molecule has 2 aromatic carbocycles. The number of halogens is 1. The monoisotopic (exact) mass is 399 g/mol. The number of anilines is 1. The molecule has 0 unspecified atom stereocenters. The van der Waals surface area contributed by atoms with Crippen molar-refractivity contribution < 1.29 is 23.1 Å². The van der Waals surface area contributed by atoms with E-state index in [2.05, 4.69) is 15.9 Å². The maximum absolute atomic E-state index is 12.8. The van der Waals surface area contributed by atoms with E-state index < -0.39 is 22.5 Å². The van der Waals surface area contributed by atoms with E-state index >= 15 is 0 Å². The third-order valence-corrected chi connectivity index (χ3v) is 5.30. The minimum Gasteiger partial charge on any atom is -0.497 e. The van der Waals surface area contributed by atoms with Crippen LogP contribution in [0.3, 0.4) is 0 Å². The Morgan fingerprint density at radius 2 is 1.87 bits per heavy atom. The first-order valence-corrected chi connectivity index (χ1v) is 8.72. The lowest BCUT2D eigenvalue weighted by molar-refractivity contribution is -0.135. The summed E-state index contributed by atoms with van der Waals surface area (Å²) in [5.74, 6) is -0.738. The molecular weight excluding hydrogens is 386 g/mol. The number of aliphatic carboxylic acids is 1. The number of benzene rings is 2. The fraction of sp³-hybridized carbons (Fsp3) is 0.133. The Balaban J connectivity index is 2.50. The van der Waals surface area contributed by atoms with Crippen molar-refractivity contribution in [2.24, 2.45) is 0 Å². The molecule has 0 aliphatic heterocycles. The maximum Gasteiger partial charge on any atom is 0.324 e. The Labute approximate surface area is 142 Å². The summed E-state index contributed by atoms with van der Waals surface area (Å²) in [5, 5.41) is 9.07. The van der Waals surface area contributed by atoms with Crippen molar-refractivity contribution in [1.29, 1.82) is 0 Å². The molecule has 2 rings (SSSR count). The molecule has 0 bridgehead atoms. The molecule has 0 saturated heterocycles. The van der Waals surface area contributed by atoms with Gasteiger partial charge in [-0.1, -0.05) is 22.0 Å². The highest BCUT2D eigenvalue weighted by Gasteiger charge is 2.27. The van der Waals surface area contributed by atoms with E-state index in [0.717, 1.165) is 4.31 Å². The molecule has 122 valence electrons. The quantitative estimate of drug-likeness (QED) is 0.806. The molecule has 2 aromatic rings. The van der Waals surface area contributed by atoms with Crippen LogP contribution in [0.2, 0.25) is 0 Å². The summed E-state index contributed by atoms with van der Waals surface area (Å²) in [7, 11) is -2.54. The number of carboxylic acid groups (broad SMARTS) is 1. The molecule has 6 nitrogen and oxygen atoms in total. The smallest absolute Gasteiger partial charge is 0.324 e. The van der Waals surface area contributed by atoms with Gasteiger partial charge in [0, 0.05) is 4.47 Å². The van der Waals surface area contributed by atoms with Gasteiger partial charge in [-0.15, -0.1) is 0 Å². The van der Waals surface area contributed by atoms with Crippen molar-refractivity contribution in [3.05, 3.63) is 53.0 Å². The van der Waals surface area contributed by atoms with Gasteiger partial charge in [-0.2, -0.15) is 0 Å². The third-order valence-electron chi connectivity index (χ3n) is 3.02. The van der Waals surface area contributed by atoms with Gasteiger partial charge in [0.05, 0.1) is 17.7 Å². The molecule has 0 amide bonds. The van der Waals surface area contributed by atoms with Gasteiger partial charge in [0.25, 0.3) is 10.0 Å². The van der Waals surface area contributed by atoms with Gasteiger partial charge in [-0.25, -0.2) is 8.42 Å². The second kappa shape index (κ2) is 7.01. The van der Waals surface area contributed by atoms with Crippen molar-refractivity contribution in [3.8, 4) is 5.75 Å². The lowest BCUT2D eigenvalue weighted by atomic mass is 10.3. The lowest BCUT2D eigenvalue weighted by Crippen LogP contribution is -2.35. The maximum atomic E-state index is 12.8. The van der Waals surface area contributed by atoms with Crippen molar-refractivity contribution in [2.75, 3.05) is 18.0 Å². The average Bonchev–Trinajstić information content (AvgIpc) is 2.52. The zero-order valence-electron chi connectivity index (χ0n) is 12.1. The van der Waals surface area contributed by atoms with Crippen LogP contribution in [0.1, 0.15) is 0 Å². The van der Waals surface area contributed by atoms with Gasteiger partial charge < -0.3 is 9.84 Å². The van der Waals surface area contributed by atoms with Crippen molar-refractivity contribution in [3.63, 3.8) is 0 Å². The summed E-state index contributed by atoms with van der Waals surface area (Å²) >= 11 is 3.25. The van der Waals surface area contributed by atoms with Crippen LogP contribution in [0.25, 0.3) is 0 Å². The molecule has 0 fully saturated rings. The van der Waals surface area contributed by atoms with Gasteiger partial charge in [0.1, 0.15) is 12.3 Å². The number of hydrogen-bond acceptors (Lipinski definition) is 4. The van der Waals surface area contributed by atoms with Crippen LogP contribution >= 0.6 is 15.9 Å². The highest BCUT2D eigenvalue weighted by Crippen LogP contribution is 2.27. The van der Waals surface area contributed by atoms with Gasteiger partial charge in [-0.05, 0) is 42.5 Å². The Morgan fingerprint density at radius 1 is 1.22 bits per heavy atom. The number of sulfonamides is 1. The van der Waals surface area contributed by atoms with Crippen LogP contribution in [-0.4, -0.2) is 33.1 Å². The molecule has 0 radical (unpaired) electrons. The number of carboxylic acids is 1. The Hall–Kier alpha value is -2.06. The standard InChI is InChI=1S/C15H14BrNO5S/c1-22-13-5-7-14(8-6-13)23(20,21)17(10-15(18)19)12-4-2-3-11(16)9-12/h2-9H,10H2,1H3,(H,18,19). The van der Waals surface area contributed by atoms with Crippen LogP contribution in [-0.2, 0) is 14.8 Å². The van der Waals surface area contributed by atoms with E-state index in [1.165, 1.54) is 37.4 Å². The predicted octanol–water partition coefficient (Wildman–Crippen LogP) is 2.74. The number of hydrogen-bond donors (Lipinski definition) is 1. The Kier molecular flexibility index (Phi) is 5.27. The fourth-order valence-electron chi connectivity index (χ4n) is 1.94. The van der Waals surface area contributed by atoms with E-state index in [1.54, 1.807) is 18.2 Å². The molecule has 23 heavy (non-hydrogen) atoms. The van der Waals surface area contributed by atoms with E-state index in [1.807, 2.05) is 0 Å².